The van der Waals surface area contributed by atoms with Crippen LogP contribution >= 0.6 is 11.3 Å². The van der Waals surface area contributed by atoms with Crippen LogP contribution in [-0.2, 0) is 16.1 Å². The number of carbonyl (C=O) groups is 2. The average Bonchev–Trinajstić information content (AvgIpc) is 3.14. The van der Waals surface area contributed by atoms with E-state index in [1.807, 2.05) is 0 Å². The van der Waals surface area contributed by atoms with Gasteiger partial charge in [-0.3, -0.25) is 19.0 Å². The van der Waals surface area contributed by atoms with Gasteiger partial charge in [-0.15, -0.1) is 0 Å². The standard InChI is InChI=1S/C19H11F2N3O4S/c20-9-5-6-13(11(21)7-9)22-14(25)8-24-18(27)16(29-19(24)28)15-10-3-1-2-4-12(10)23-17(15)26/h1-7,27H,8H2,(H,22,25). The van der Waals surface area contributed by atoms with Crippen molar-refractivity contribution in [3.63, 3.8) is 0 Å². The summed E-state index contributed by atoms with van der Waals surface area (Å²) in [6, 6.07) is 9.26. The third-order valence-corrected chi connectivity index (χ3v) is 5.20. The van der Waals surface area contributed by atoms with Crippen molar-refractivity contribution in [3.05, 3.63) is 79.2 Å². The van der Waals surface area contributed by atoms with E-state index in [0.29, 0.717) is 28.0 Å². The molecule has 1 aliphatic heterocycles. The lowest BCUT2D eigenvalue weighted by Gasteiger charge is -2.07. The first-order valence-corrected chi connectivity index (χ1v) is 9.07. The third kappa shape index (κ3) is 3.34. The number of para-hydroxylation sites is 1. The van der Waals surface area contributed by atoms with Crippen molar-refractivity contribution in [1.29, 1.82) is 0 Å². The summed E-state index contributed by atoms with van der Waals surface area (Å²) >= 11 is 0.595. The van der Waals surface area contributed by atoms with Crippen LogP contribution in [0.15, 0.2) is 52.3 Å². The van der Waals surface area contributed by atoms with Gasteiger partial charge in [0.2, 0.25) is 11.8 Å². The molecule has 2 N–H and O–H groups in total. The van der Waals surface area contributed by atoms with E-state index in [9.17, 15) is 28.3 Å². The number of aromatic hydroxyl groups is 1. The number of rotatable bonds is 4. The molecular formula is C19H11F2N3O4S. The number of nitrogens with zero attached hydrogens (tertiary/aromatic N) is 2. The molecule has 3 aromatic rings. The van der Waals surface area contributed by atoms with E-state index in [2.05, 4.69) is 10.3 Å². The smallest absolute Gasteiger partial charge is 0.311 e. The van der Waals surface area contributed by atoms with Gasteiger partial charge in [-0.2, -0.15) is 0 Å². The minimum atomic E-state index is -0.980. The largest absolute Gasteiger partial charge is 0.493 e. The van der Waals surface area contributed by atoms with Gasteiger partial charge in [0.25, 0.3) is 5.91 Å². The monoisotopic (exact) mass is 415 g/mol. The van der Waals surface area contributed by atoms with Crippen LogP contribution in [0.4, 0.5) is 14.5 Å². The highest BCUT2D eigenvalue weighted by Crippen LogP contribution is 2.28. The summed E-state index contributed by atoms with van der Waals surface area (Å²) < 4.78 is 27.4. The molecule has 2 aromatic carbocycles. The minimum Gasteiger partial charge on any atom is -0.493 e. The van der Waals surface area contributed by atoms with E-state index in [1.165, 1.54) is 0 Å². The van der Waals surface area contributed by atoms with E-state index in [4.69, 9.17) is 0 Å². The first kappa shape index (κ1) is 18.7. The molecule has 7 nitrogen and oxygen atoms in total. The predicted octanol–water partition coefficient (Wildman–Crippen LogP) is 0.891. The summed E-state index contributed by atoms with van der Waals surface area (Å²) in [6.45, 7) is -0.627. The van der Waals surface area contributed by atoms with Crippen LogP contribution in [0, 0.1) is 11.6 Å². The molecule has 0 fully saturated rings. The fourth-order valence-electron chi connectivity index (χ4n) is 2.91. The van der Waals surface area contributed by atoms with Crippen LogP contribution in [0.25, 0.3) is 5.57 Å². The van der Waals surface area contributed by atoms with Crippen molar-refractivity contribution in [3.8, 4) is 5.88 Å². The second kappa shape index (κ2) is 7.06. The molecule has 1 aromatic heterocycles. The van der Waals surface area contributed by atoms with Crippen molar-refractivity contribution in [1.82, 2.24) is 4.57 Å². The summed E-state index contributed by atoms with van der Waals surface area (Å²) in [4.78, 5) is 39.9. The highest BCUT2D eigenvalue weighted by molar-refractivity contribution is 7.11. The number of anilines is 1. The summed E-state index contributed by atoms with van der Waals surface area (Å²) in [5, 5.41) is 13.6. The average molecular weight is 415 g/mol. The van der Waals surface area contributed by atoms with Crippen molar-refractivity contribution >= 4 is 34.4 Å². The van der Waals surface area contributed by atoms with Crippen LogP contribution in [0.2, 0.25) is 0 Å². The molecule has 0 radical (unpaired) electrons. The normalized spacial score (nSPS) is 12.6. The summed E-state index contributed by atoms with van der Waals surface area (Å²) in [5.41, 5.74) is -0.198. The Morgan fingerprint density at radius 3 is 2.69 bits per heavy atom. The van der Waals surface area contributed by atoms with Gasteiger partial charge in [-0.1, -0.05) is 29.5 Å². The first-order valence-electron chi connectivity index (χ1n) is 8.25. The number of benzene rings is 2. The molecule has 0 saturated carbocycles. The van der Waals surface area contributed by atoms with Gasteiger partial charge < -0.3 is 10.4 Å². The molecular weight excluding hydrogens is 404 g/mol. The maximum atomic E-state index is 13.7. The van der Waals surface area contributed by atoms with Crippen LogP contribution in [-0.4, -0.2) is 21.5 Å². The zero-order valence-corrected chi connectivity index (χ0v) is 15.3. The Labute approximate surface area is 164 Å². The van der Waals surface area contributed by atoms with Gasteiger partial charge >= 0.3 is 4.87 Å². The lowest BCUT2D eigenvalue weighted by atomic mass is 10.1. The van der Waals surface area contributed by atoms with E-state index in [-0.39, 0.29) is 16.1 Å². The lowest BCUT2D eigenvalue weighted by molar-refractivity contribution is -0.117. The Bertz CT molecular complexity index is 1360. The van der Waals surface area contributed by atoms with Crippen molar-refractivity contribution in [2.45, 2.75) is 6.54 Å². The second-order valence-corrected chi connectivity index (χ2v) is 7.05. The summed E-state index contributed by atoms with van der Waals surface area (Å²) in [7, 11) is 0. The van der Waals surface area contributed by atoms with Crippen molar-refractivity contribution < 1.29 is 23.5 Å². The number of thiazole rings is 1. The lowest BCUT2D eigenvalue weighted by Crippen LogP contribution is -2.24. The maximum absolute atomic E-state index is 13.7. The number of fused-ring (bicyclic) bond motifs is 1. The fourth-order valence-corrected chi connectivity index (χ4v) is 3.84. The number of halogens is 2. The predicted molar refractivity (Wildman–Crippen MR) is 100.0 cm³/mol. The molecule has 2 heterocycles. The Balaban J connectivity index is 1.67. The zero-order chi connectivity index (χ0) is 20.7. The molecule has 146 valence electrons. The molecule has 4 rings (SSSR count). The molecule has 0 bridgehead atoms. The van der Waals surface area contributed by atoms with Gasteiger partial charge in [0.15, 0.2) is 0 Å². The molecule has 1 aliphatic rings. The number of hydrogen-bond acceptors (Lipinski definition) is 5. The van der Waals surface area contributed by atoms with E-state index in [1.54, 1.807) is 24.3 Å². The Morgan fingerprint density at radius 2 is 1.93 bits per heavy atom. The van der Waals surface area contributed by atoms with Crippen LogP contribution in [0.1, 0.15) is 4.88 Å². The van der Waals surface area contributed by atoms with Crippen molar-refractivity contribution in [2.24, 2.45) is 4.99 Å². The highest BCUT2D eigenvalue weighted by Gasteiger charge is 2.26. The number of carbonyl (C=O) groups excluding carboxylic acids is 2. The van der Waals surface area contributed by atoms with E-state index in [0.717, 1.165) is 16.7 Å². The fraction of sp³-hybridized carbons (Fsp3) is 0.0526. The topological polar surface area (TPSA) is 101 Å². The Hall–Kier alpha value is -3.66. The van der Waals surface area contributed by atoms with Crippen LogP contribution < -0.4 is 20.8 Å². The molecule has 0 aliphatic carbocycles. The molecule has 0 spiro atoms. The van der Waals surface area contributed by atoms with Gasteiger partial charge in [-0.05, 0) is 18.2 Å². The SMILES string of the molecule is O=C(Cn1c(O)c(C2=c3ccccc3=NC2=O)sc1=O)Nc1ccc(F)cc1F. The minimum absolute atomic E-state index is 0.00513. The highest BCUT2D eigenvalue weighted by atomic mass is 32.1. The first-order chi connectivity index (χ1) is 13.8. The quantitative estimate of drug-likeness (QED) is 0.661. The molecule has 0 unspecified atom stereocenters. The number of aromatic nitrogens is 1. The number of amides is 2. The van der Waals surface area contributed by atoms with Crippen molar-refractivity contribution in [2.75, 3.05) is 5.32 Å². The van der Waals surface area contributed by atoms with Gasteiger partial charge in [0.05, 0.1) is 16.6 Å². The molecule has 0 saturated heterocycles. The van der Waals surface area contributed by atoms with Gasteiger partial charge in [0.1, 0.15) is 23.1 Å². The number of hydrogen-bond donors (Lipinski definition) is 2. The molecule has 2 amide bonds. The van der Waals surface area contributed by atoms with Crippen LogP contribution in [0.3, 0.4) is 0 Å². The Morgan fingerprint density at radius 1 is 1.17 bits per heavy atom. The zero-order valence-electron chi connectivity index (χ0n) is 14.5. The summed E-state index contributed by atoms with van der Waals surface area (Å²) in [6.07, 6.45) is 0. The summed E-state index contributed by atoms with van der Waals surface area (Å²) in [5.74, 6) is -3.77. The van der Waals surface area contributed by atoms with Crippen LogP contribution in [0.5, 0.6) is 5.88 Å². The van der Waals surface area contributed by atoms with E-state index >= 15 is 0 Å². The number of nitrogens with one attached hydrogen (secondary N) is 1. The molecule has 10 heteroatoms. The van der Waals surface area contributed by atoms with Gasteiger partial charge in [0, 0.05) is 11.3 Å². The Kier molecular flexibility index (Phi) is 4.55. The second-order valence-electron chi connectivity index (χ2n) is 6.09. The van der Waals surface area contributed by atoms with Gasteiger partial charge in [-0.25, -0.2) is 13.8 Å². The maximum Gasteiger partial charge on any atom is 0.311 e. The van der Waals surface area contributed by atoms with E-state index < -0.39 is 40.7 Å². The third-order valence-electron chi connectivity index (χ3n) is 4.21. The molecule has 0 atom stereocenters. The molecule has 29 heavy (non-hydrogen) atoms.